The number of hydrogen-bond donors (Lipinski definition) is 2. The molecule has 2 N–H and O–H groups in total. The highest BCUT2D eigenvalue weighted by atomic mass is 127. The largest absolute Gasteiger partial charge is 0.416 e. The zero-order valence-electron chi connectivity index (χ0n) is 15.2. The monoisotopic (exact) mass is 485 g/mol. The molecule has 26 heavy (non-hydrogen) atoms. The van der Waals surface area contributed by atoms with Crippen LogP contribution in [0, 0.1) is 0 Å². The van der Waals surface area contributed by atoms with Crippen LogP contribution in [0.3, 0.4) is 0 Å². The number of rotatable bonds is 8. The molecule has 0 aromatic heterocycles. The first-order valence-electron chi connectivity index (χ1n) is 8.69. The van der Waals surface area contributed by atoms with Crippen LogP contribution in [-0.2, 0) is 16.3 Å². The molecule has 4 nitrogen and oxygen atoms in total. The second-order valence-electron chi connectivity index (χ2n) is 6.18. The van der Waals surface area contributed by atoms with Gasteiger partial charge in [-0.05, 0) is 38.3 Å². The quantitative estimate of drug-likeness (QED) is 0.254. The number of nitrogens with one attached hydrogen (secondary N) is 2. The lowest BCUT2D eigenvalue weighted by atomic mass is 9.94. The van der Waals surface area contributed by atoms with Crippen molar-refractivity contribution in [2.45, 2.75) is 38.3 Å². The zero-order chi connectivity index (χ0) is 18.3. The van der Waals surface area contributed by atoms with Gasteiger partial charge in [-0.2, -0.15) is 13.2 Å². The smallest absolute Gasteiger partial charge is 0.380 e. The van der Waals surface area contributed by atoms with Gasteiger partial charge in [0, 0.05) is 25.1 Å². The summed E-state index contributed by atoms with van der Waals surface area (Å²) in [5.41, 5.74) is -0.151. The Morgan fingerprint density at radius 1 is 1.23 bits per heavy atom. The second kappa shape index (κ2) is 10.3. The lowest BCUT2D eigenvalue weighted by Gasteiger charge is -2.17. The van der Waals surface area contributed by atoms with Crippen molar-refractivity contribution in [3.63, 3.8) is 0 Å². The molecule has 0 bridgehead atoms. The molecule has 1 aliphatic carbocycles. The van der Waals surface area contributed by atoms with Crippen molar-refractivity contribution in [2.24, 2.45) is 4.99 Å². The van der Waals surface area contributed by atoms with Crippen molar-refractivity contribution in [1.82, 2.24) is 10.6 Å². The van der Waals surface area contributed by atoms with Crippen molar-refractivity contribution in [1.29, 1.82) is 0 Å². The standard InChI is InChI=1S/C18H26F3N3O.HI/c1-3-22-16(23-10-11-25-4-2)24-13-17(8-9-17)14-6-5-7-15(12-14)18(19,20)21;/h5-7,12H,3-4,8-11,13H2,1-2H3,(H2,22,23,24);1H. The van der Waals surface area contributed by atoms with Gasteiger partial charge in [0.05, 0.1) is 18.7 Å². The van der Waals surface area contributed by atoms with Crippen LogP contribution in [0.15, 0.2) is 29.3 Å². The van der Waals surface area contributed by atoms with E-state index < -0.39 is 11.7 Å². The van der Waals surface area contributed by atoms with Gasteiger partial charge in [0.2, 0.25) is 0 Å². The molecule has 0 heterocycles. The van der Waals surface area contributed by atoms with Gasteiger partial charge in [-0.25, -0.2) is 0 Å². The molecule has 1 fully saturated rings. The predicted molar refractivity (Wildman–Crippen MR) is 108 cm³/mol. The number of benzene rings is 1. The summed E-state index contributed by atoms with van der Waals surface area (Å²) in [6.45, 7) is 6.98. The van der Waals surface area contributed by atoms with E-state index >= 15 is 0 Å². The molecule has 0 spiro atoms. The summed E-state index contributed by atoms with van der Waals surface area (Å²) in [6.07, 6.45) is -2.60. The fourth-order valence-corrected chi connectivity index (χ4v) is 2.67. The summed E-state index contributed by atoms with van der Waals surface area (Å²) in [5, 5.41) is 6.33. The van der Waals surface area contributed by atoms with Gasteiger partial charge in [0.15, 0.2) is 5.96 Å². The van der Waals surface area contributed by atoms with Crippen molar-refractivity contribution in [3.05, 3.63) is 35.4 Å². The van der Waals surface area contributed by atoms with Crippen molar-refractivity contribution in [2.75, 3.05) is 32.8 Å². The van der Waals surface area contributed by atoms with Crippen molar-refractivity contribution < 1.29 is 17.9 Å². The van der Waals surface area contributed by atoms with Crippen LogP contribution in [0.2, 0.25) is 0 Å². The topological polar surface area (TPSA) is 45.7 Å². The van der Waals surface area contributed by atoms with Gasteiger partial charge in [0.25, 0.3) is 0 Å². The van der Waals surface area contributed by atoms with E-state index in [-0.39, 0.29) is 29.4 Å². The van der Waals surface area contributed by atoms with E-state index in [4.69, 9.17) is 4.74 Å². The van der Waals surface area contributed by atoms with Gasteiger partial charge in [0.1, 0.15) is 0 Å². The fraction of sp³-hybridized carbons (Fsp3) is 0.611. The molecule has 1 saturated carbocycles. The molecule has 2 rings (SSSR count). The highest BCUT2D eigenvalue weighted by molar-refractivity contribution is 14.0. The van der Waals surface area contributed by atoms with Crippen LogP contribution in [0.4, 0.5) is 13.2 Å². The summed E-state index contributed by atoms with van der Waals surface area (Å²) in [7, 11) is 0. The van der Waals surface area contributed by atoms with E-state index in [2.05, 4.69) is 15.6 Å². The average Bonchev–Trinajstić information content (AvgIpc) is 3.37. The van der Waals surface area contributed by atoms with Crippen molar-refractivity contribution in [3.8, 4) is 0 Å². The minimum Gasteiger partial charge on any atom is -0.380 e. The minimum atomic E-state index is -4.31. The molecule has 0 radical (unpaired) electrons. The average molecular weight is 485 g/mol. The summed E-state index contributed by atoms with van der Waals surface area (Å²) in [6, 6.07) is 5.63. The Morgan fingerprint density at radius 2 is 1.96 bits per heavy atom. The predicted octanol–water partition coefficient (Wildman–Crippen LogP) is 3.95. The SMILES string of the molecule is CCNC(=NCC1(c2cccc(C(F)(F)F)c2)CC1)NCCOCC.I. The van der Waals surface area contributed by atoms with Gasteiger partial charge >= 0.3 is 6.18 Å². The number of hydrogen-bond acceptors (Lipinski definition) is 2. The highest BCUT2D eigenvalue weighted by Gasteiger charge is 2.45. The zero-order valence-corrected chi connectivity index (χ0v) is 17.5. The van der Waals surface area contributed by atoms with E-state index in [0.29, 0.717) is 32.3 Å². The third-order valence-corrected chi connectivity index (χ3v) is 4.28. The Morgan fingerprint density at radius 3 is 2.54 bits per heavy atom. The lowest BCUT2D eigenvalue weighted by molar-refractivity contribution is -0.137. The summed E-state index contributed by atoms with van der Waals surface area (Å²) >= 11 is 0. The summed E-state index contributed by atoms with van der Waals surface area (Å²) in [4.78, 5) is 4.57. The Labute approximate surface area is 170 Å². The maximum absolute atomic E-state index is 12.9. The number of ether oxygens (including phenoxy) is 1. The molecule has 8 heteroatoms. The Balaban J connectivity index is 0.00000338. The van der Waals surface area contributed by atoms with Crippen LogP contribution in [-0.4, -0.2) is 38.8 Å². The Hall–Kier alpha value is -1.03. The minimum absolute atomic E-state index is 0. The molecule has 0 unspecified atom stereocenters. The maximum Gasteiger partial charge on any atom is 0.416 e. The number of nitrogens with zero attached hydrogens (tertiary/aromatic N) is 1. The Kier molecular flexibility index (Phi) is 9.15. The molecular weight excluding hydrogens is 458 g/mol. The summed E-state index contributed by atoms with van der Waals surface area (Å²) in [5.74, 6) is 0.667. The van der Waals surface area contributed by atoms with Crippen LogP contribution in [0.25, 0.3) is 0 Å². The van der Waals surface area contributed by atoms with Gasteiger partial charge in [-0.3, -0.25) is 4.99 Å². The maximum atomic E-state index is 12.9. The third kappa shape index (κ3) is 6.61. The first-order valence-corrected chi connectivity index (χ1v) is 8.69. The van der Waals surface area contributed by atoms with Gasteiger partial charge in [-0.1, -0.05) is 18.2 Å². The van der Waals surface area contributed by atoms with E-state index in [1.54, 1.807) is 6.07 Å². The molecule has 1 aromatic rings. The normalized spacial score (nSPS) is 16.0. The summed E-state index contributed by atoms with van der Waals surface area (Å²) < 4.78 is 44.1. The number of guanidine groups is 1. The highest BCUT2D eigenvalue weighted by Crippen LogP contribution is 2.49. The first kappa shape index (κ1) is 23.0. The molecule has 0 amide bonds. The van der Waals surface area contributed by atoms with Crippen LogP contribution >= 0.6 is 24.0 Å². The van der Waals surface area contributed by atoms with Crippen molar-refractivity contribution >= 4 is 29.9 Å². The molecule has 148 valence electrons. The van der Waals surface area contributed by atoms with Crippen LogP contribution in [0.5, 0.6) is 0 Å². The molecule has 0 saturated heterocycles. The van der Waals surface area contributed by atoms with E-state index in [0.717, 1.165) is 31.0 Å². The van der Waals surface area contributed by atoms with E-state index in [1.807, 2.05) is 13.8 Å². The third-order valence-electron chi connectivity index (χ3n) is 4.28. The van der Waals surface area contributed by atoms with Crippen LogP contribution in [0.1, 0.15) is 37.8 Å². The second-order valence-corrected chi connectivity index (χ2v) is 6.18. The molecule has 1 aliphatic rings. The molecule has 1 aromatic carbocycles. The van der Waals surface area contributed by atoms with Crippen LogP contribution < -0.4 is 10.6 Å². The number of halogens is 4. The number of alkyl halides is 3. The molecular formula is C18H27F3IN3O. The van der Waals surface area contributed by atoms with Gasteiger partial charge < -0.3 is 15.4 Å². The van der Waals surface area contributed by atoms with Gasteiger partial charge in [-0.15, -0.1) is 24.0 Å². The van der Waals surface area contributed by atoms with E-state index in [1.165, 1.54) is 12.1 Å². The number of aliphatic imine (C=N–C) groups is 1. The van der Waals surface area contributed by atoms with E-state index in [9.17, 15) is 13.2 Å². The first-order chi connectivity index (χ1) is 11.9. The molecule has 0 aliphatic heterocycles. The Bertz CT molecular complexity index is 589. The molecule has 0 atom stereocenters. The fourth-order valence-electron chi connectivity index (χ4n) is 2.67. The lowest BCUT2D eigenvalue weighted by Crippen LogP contribution is -2.39.